The number of benzene rings is 1. The first-order chi connectivity index (χ1) is 9.08. The Labute approximate surface area is 118 Å². The van der Waals surface area contributed by atoms with E-state index in [1.165, 1.54) is 16.7 Å². The average molecular weight is 273 g/mol. The van der Waals surface area contributed by atoms with E-state index in [2.05, 4.69) is 54.9 Å². The monoisotopic (exact) mass is 273 g/mol. The van der Waals surface area contributed by atoms with Crippen molar-refractivity contribution in [2.45, 2.75) is 37.9 Å². The molecule has 2 atom stereocenters. The molecule has 3 N–H and O–H groups in total. The van der Waals surface area contributed by atoms with Gasteiger partial charge in [0.25, 0.3) is 0 Å². The molecular formula is C15H19N3S. The summed E-state index contributed by atoms with van der Waals surface area (Å²) in [7, 11) is 0. The summed E-state index contributed by atoms with van der Waals surface area (Å²) in [6, 6.07) is 4.29. The van der Waals surface area contributed by atoms with Crippen LogP contribution in [0, 0.1) is 6.92 Å². The number of aromatic nitrogens is 2. The van der Waals surface area contributed by atoms with Gasteiger partial charge in [-0.05, 0) is 43.9 Å². The van der Waals surface area contributed by atoms with Gasteiger partial charge in [-0.1, -0.05) is 17.7 Å². The Morgan fingerprint density at radius 2 is 2.11 bits per heavy atom. The lowest BCUT2D eigenvalue weighted by atomic mass is 9.81. The third-order valence-corrected chi connectivity index (χ3v) is 4.60. The first-order valence-electron chi connectivity index (χ1n) is 6.67. The van der Waals surface area contributed by atoms with Crippen LogP contribution in [0.15, 0.2) is 23.8 Å². The van der Waals surface area contributed by atoms with Crippen LogP contribution in [0.3, 0.4) is 0 Å². The van der Waals surface area contributed by atoms with Crippen LogP contribution in [0.25, 0.3) is 10.9 Å². The fourth-order valence-corrected chi connectivity index (χ4v) is 3.56. The molecule has 0 saturated carbocycles. The van der Waals surface area contributed by atoms with Crippen molar-refractivity contribution in [2.75, 3.05) is 5.73 Å². The Morgan fingerprint density at radius 3 is 2.84 bits per heavy atom. The summed E-state index contributed by atoms with van der Waals surface area (Å²) in [6.07, 6.45) is 4.56. The van der Waals surface area contributed by atoms with Crippen molar-refractivity contribution in [3.63, 3.8) is 0 Å². The van der Waals surface area contributed by atoms with Gasteiger partial charge in [-0.15, -0.1) is 0 Å². The summed E-state index contributed by atoms with van der Waals surface area (Å²) in [5.74, 6) is 1.08. The second-order valence-corrected chi connectivity index (χ2v) is 6.08. The lowest BCUT2D eigenvalue weighted by Gasteiger charge is -2.26. The molecule has 1 aliphatic carbocycles. The molecule has 3 nitrogen and oxygen atoms in total. The number of hydrogen-bond acceptors (Lipinski definition) is 3. The predicted molar refractivity (Wildman–Crippen MR) is 83.7 cm³/mol. The van der Waals surface area contributed by atoms with E-state index in [0.717, 1.165) is 23.7 Å². The van der Waals surface area contributed by atoms with Crippen molar-refractivity contribution in [2.24, 2.45) is 0 Å². The number of anilines is 1. The average Bonchev–Trinajstić information content (AvgIpc) is 2.73. The minimum Gasteiger partial charge on any atom is -0.382 e. The van der Waals surface area contributed by atoms with Gasteiger partial charge in [-0.25, -0.2) is 0 Å². The van der Waals surface area contributed by atoms with E-state index in [0.29, 0.717) is 17.0 Å². The topological polar surface area (TPSA) is 54.7 Å². The number of nitrogens with one attached hydrogen (secondary N) is 1. The number of fused-ring (bicyclic) bond motifs is 1. The molecule has 0 amide bonds. The highest BCUT2D eigenvalue weighted by Crippen LogP contribution is 2.39. The summed E-state index contributed by atoms with van der Waals surface area (Å²) < 4.78 is 0. The molecule has 1 heterocycles. The summed E-state index contributed by atoms with van der Waals surface area (Å²) in [5.41, 5.74) is 11.0. The molecule has 1 aliphatic rings. The zero-order chi connectivity index (χ0) is 13.6. The standard InChI is InChI=1S/C15H19N3S/c1-8-7-10(19)3-4-11(8)12-5-6-13-14(9(12)2)15(16)18-17-13/h5-7,10-11,19H,3-4H2,1-2H3,(H3,16,17,18). The van der Waals surface area contributed by atoms with Crippen molar-refractivity contribution >= 4 is 29.3 Å². The number of allylic oxidation sites excluding steroid dienone is 1. The summed E-state index contributed by atoms with van der Waals surface area (Å²) in [4.78, 5) is 0. The maximum absolute atomic E-state index is 5.96. The first kappa shape index (κ1) is 12.6. The summed E-state index contributed by atoms with van der Waals surface area (Å²) >= 11 is 4.55. The van der Waals surface area contributed by atoms with E-state index in [1.54, 1.807) is 0 Å². The number of H-pyrrole nitrogens is 1. The highest BCUT2D eigenvalue weighted by molar-refractivity contribution is 7.81. The number of aryl methyl sites for hydroxylation is 1. The number of nitrogens with two attached hydrogens (primary N) is 1. The number of nitrogen functional groups attached to an aromatic ring is 1. The molecular weight excluding hydrogens is 254 g/mol. The summed E-state index contributed by atoms with van der Waals surface area (Å²) in [6.45, 7) is 4.35. The Bertz CT molecular complexity index is 657. The van der Waals surface area contributed by atoms with Crippen molar-refractivity contribution in [3.05, 3.63) is 34.9 Å². The van der Waals surface area contributed by atoms with Crippen LogP contribution in [0.4, 0.5) is 5.82 Å². The van der Waals surface area contributed by atoms with Gasteiger partial charge in [-0.2, -0.15) is 17.7 Å². The lowest BCUT2D eigenvalue weighted by molar-refractivity contribution is 0.630. The number of thiol groups is 1. The number of nitrogens with zero attached hydrogens (tertiary/aromatic N) is 1. The fourth-order valence-electron chi connectivity index (χ4n) is 3.17. The van der Waals surface area contributed by atoms with Crippen LogP contribution in [0.2, 0.25) is 0 Å². The normalized spacial score (nSPS) is 23.6. The van der Waals surface area contributed by atoms with E-state index in [9.17, 15) is 0 Å². The SMILES string of the molecule is CC1=CC(S)CCC1c1ccc2[nH]nc(N)c2c1C. The molecule has 0 saturated heterocycles. The van der Waals surface area contributed by atoms with Gasteiger partial charge in [0.1, 0.15) is 0 Å². The van der Waals surface area contributed by atoms with Gasteiger partial charge in [0, 0.05) is 16.6 Å². The minimum atomic E-state index is 0.402. The second-order valence-electron chi connectivity index (χ2n) is 5.42. The molecule has 2 aromatic rings. The molecule has 19 heavy (non-hydrogen) atoms. The van der Waals surface area contributed by atoms with Crippen LogP contribution in [0.1, 0.15) is 36.8 Å². The van der Waals surface area contributed by atoms with E-state index in [4.69, 9.17) is 5.73 Å². The van der Waals surface area contributed by atoms with E-state index < -0.39 is 0 Å². The van der Waals surface area contributed by atoms with Crippen molar-refractivity contribution in [3.8, 4) is 0 Å². The number of aromatic amines is 1. The van der Waals surface area contributed by atoms with Crippen molar-refractivity contribution < 1.29 is 0 Å². The molecule has 2 unspecified atom stereocenters. The molecule has 1 aromatic heterocycles. The second kappa shape index (κ2) is 4.60. The van der Waals surface area contributed by atoms with Gasteiger partial charge >= 0.3 is 0 Å². The van der Waals surface area contributed by atoms with E-state index in [1.807, 2.05) is 0 Å². The molecule has 3 rings (SSSR count). The van der Waals surface area contributed by atoms with Gasteiger partial charge in [-0.3, -0.25) is 5.10 Å². The van der Waals surface area contributed by atoms with Crippen molar-refractivity contribution in [1.29, 1.82) is 0 Å². The van der Waals surface area contributed by atoms with Gasteiger partial charge in [0.2, 0.25) is 0 Å². The molecule has 0 radical (unpaired) electrons. The van der Waals surface area contributed by atoms with Crippen LogP contribution in [-0.4, -0.2) is 15.4 Å². The first-order valence-corrected chi connectivity index (χ1v) is 7.19. The van der Waals surface area contributed by atoms with Gasteiger partial charge in [0.15, 0.2) is 5.82 Å². The fraction of sp³-hybridized carbons (Fsp3) is 0.400. The van der Waals surface area contributed by atoms with Crippen molar-refractivity contribution in [1.82, 2.24) is 10.2 Å². The summed E-state index contributed by atoms with van der Waals surface area (Å²) in [5, 5.41) is 8.55. The van der Waals surface area contributed by atoms with Crippen LogP contribution >= 0.6 is 12.6 Å². The largest absolute Gasteiger partial charge is 0.382 e. The number of hydrogen-bond donors (Lipinski definition) is 3. The highest BCUT2D eigenvalue weighted by Gasteiger charge is 2.23. The molecule has 4 heteroatoms. The Morgan fingerprint density at radius 1 is 1.32 bits per heavy atom. The molecule has 0 spiro atoms. The highest BCUT2D eigenvalue weighted by atomic mass is 32.1. The maximum atomic E-state index is 5.96. The minimum absolute atomic E-state index is 0.402. The predicted octanol–water partition coefficient (Wildman–Crippen LogP) is 3.58. The third kappa shape index (κ3) is 2.04. The molecule has 100 valence electrons. The Hall–Kier alpha value is -1.42. The Kier molecular flexibility index (Phi) is 3.05. The molecule has 0 aliphatic heterocycles. The Balaban J connectivity index is 2.13. The zero-order valence-corrected chi connectivity index (χ0v) is 12.2. The zero-order valence-electron chi connectivity index (χ0n) is 11.3. The number of rotatable bonds is 1. The quantitative estimate of drug-likeness (QED) is 0.549. The lowest BCUT2D eigenvalue weighted by Crippen LogP contribution is -2.12. The molecule has 0 fully saturated rings. The molecule has 1 aromatic carbocycles. The van der Waals surface area contributed by atoms with Crippen LogP contribution < -0.4 is 5.73 Å². The third-order valence-electron chi connectivity index (χ3n) is 4.19. The van der Waals surface area contributed by atoms with E-state index >= 15 is 0 Å². The van der Waals surface area contributed by atoms with Crippen LogP contribution in [-0.2, 0) is 0 Å². The smallest absolute Gasteiger partial charge is 0.153 e. The van der Waals surface area contributed by atoms with Gasteiger partial charge < -0.3 is 5.73 Å². The van der Waals surface area contributed by atoms with Crippen LogP contribution in [0.5, 0.6) is 0 Å². The maximum Gasteiger partial charge on any atom is 0.153 e. The molecule has 0 bridgehead atoms. The van der Waals surface area contributed by atoms with Gasteiger partial charge in [0.05, 0.1) is 5.52 Å². The van der Waals surface area contributed by atoms with E-state index in [-0.39, 0.29) is 0 Å².